The van der Waals surface area contributed by atoms with Crippen LogP contribution in [0.25, 0.3) is 11.0 Å². The van der Waals surface area contributed by atoms with Gasteiger partial charge in [0.1, 0.15) is 11.3 Å². The number of hydrogen-bond donors (Lipinski definition) is 0. The molecule has 2 aromatic carbocycles. The first kappa shape index (κ1) is 24.3. The SMILES string of the molecule is CCCCCCOc1ccc(C2c3c(oc4ccc(Cl)cc4c3=O)C(=O)N2CCCOC)cc1. The molecule has 1 aliphatic heterocycles. The maximum absolute atomic E-state index is 13.5. The Morgan fingerprint density at radius 3 is 2.53 bits per heavy atom. The van der Waals surface area contributed by atoms with Crippen LogP contribution >= 0.6 is 11.6 Å². The van der Waals surface area contributed by atoms with E-state index in [1.165, 1.54) is 12.8 Å². The average Bonchev–Trinajstić information content (AvgIpc) is 3.12. The summed E-state index contributed by atoms with van der Waals surface area (Å²) in [5.74, 6) is 0.577. The number of nitrogens with zero attached hydrogens (tertiary/aromatic N) is 1. The van der Waals surface area contributed by atoms with Crippen molar-refractivity contribution in [3.63, 3.8) is 0 Å². The first-order valence-corrected chi connectivity index (χ1v) is 12.2. The maximum atomic E-state index is 13.5. The fourth-order valence-corrected chi connectivity index (χ4v) is 4.59. The van der Waals surface area contributed by atoms with Crippen LogP contribution in [-0.4, -0.2) is 37.7 Å². The number of rotatable bonds is 11. The molecular formula is C27H30ClNO5. The number of methoxy groups -OCH3 is 1. The zero-order chi connectivity index (χ0) is 24.1. The van der Waals surface area contributed by atoms with E-state index in [4.69, 9.17) is 25.5 Å². The second-order valence-electron chi connectivity index (χ2n) is 8.54. The predicted octanol–water partition coefficient (Wildman–Crippen LogP) is 5.99. The van der Waals surface area contributed by atoms with Crippen molar-refractivity contribution in [1.82, 2.24) is 4.90 Å². The Balaban J connectivity index is 1.68. The molecule has 0 spiro atoms. The van der Waals surface area contributed by atoms with Crippen molar-refractivity contribution in [2.24, 2.45) is 0 Å². The van der Waals surface area contributed by atoms with Crippen molar-refractivity contribution < 1.29 is 18.7 Å². The lowest BCUT2D eigenvalue weighted by atomic mass is 9.98. The number of carbonyl (C=O) groups is 1. The molecule has 6 nitrogen and oxygen atoms in total. The number of unbranched alkanes of at least 4 members (excludes halogenated alkanes) is 3. The van der Waals surface area contributed by atoms with E-state index in [9.17, 15) is 9.59 Å². The number of halogens is 1. The molecule has 1 atom stereocenters. The van der Waals surface area contributed by atoms with Gasteiger partial charge < -0.3 is 18.8 Å². The van der Waals surface area contributed by atoms with E-state index < -0.39 is 6.04 Å². The Morgan fingerprint density at radius 1 is 1.00 bits per heavy atom. The number of benzene rings is 2. The van der Waals surface area contributed by atoms with Crippen molar-refractivity contribution in [3.05, 3.63) is 74.6 Å². The quantitative estimate of drug-likeness (QED) is 0.313. The predicted molar refractivity (Wildman–Crippen MR) is 133 cm³/mol. The zero-order valence-electron chi connectivity index (χ0n) is 19.6. The van der Waals surface area contributed by atoms with Crippen molar-refractivity contribution >= 4 is 28.5 Å². The van der Waals surface area contributed by atoms with Gasteiger partial charge in [-0.05, 0) is 48.7 Å². The molecule has 34 heavy (non-hydrogen) atoms. The van der Waals surface area contributed by atoms with Gasteiger partial charge in [0.15, 0.2) is 5.43 Å². The lowest BCUT2D eigenvalue weighted by molar-refractivity contribution is 0.0708. The van der Waals surface area contributed by atoms with Gasteiger partial charge in [-0.15, -0.1) is 0 Å². The standard InChI is InChI=1S/C27H30ClNO5/c1-3-4-5-6-16-33-20-11-8-18(9-12-20)24-23-25(30)21-17-19(28)10-13-22(21)34-26(23)27(31)29(24)14-7-15-32-2/h8-13,17,24H,3-7,14-16H2,1-2H3. The molecule has 1 aliphatic rings. The lowest BCUT2D eigenvalue weighted by Gasteiger charge is -2.25. The van der Waals surface area contributed by atoms with E-state index in [0.717, 1.165) is 24.2 Å². The van der Waals surface area contributed by atoms with Crippen LogP contribution in [0, 0.1) is 0 Å². The van der Waals surface area contributed by atoms with E-state index in [1.807, 2.05) is 24.3 Å². The van der Waals surface area contributed by atoms with Crippen LogP contribution in [-0.2, 0) is 4.74 Å². The van der Waals surface area contributed by atoms with Crippen molar-refractivity contribution in [2.45, 2.75) is 45.1 Å². The van der Waals surface area contributed by atoms with Crippen LogP contribution in [0.3, 0.4) is 0 Å². The van der Waals surface area contributed by atoms with Crippen molar-refractivity contribution in [2.75, 3.05) is 26.9 Å². The summed E-state index contributed by atoms with van der Waals surface area (Å²) in [4.78, 5) is 28.5. The second kappa shape index (κ2) is 11.1. The van der Waals surface area contributed by atoms with Gasteiger partial charge in [0.25, 0.3) is 5.91 Å². The highest BCUT2D eigenvalue weighted by molar-refractivity contribution is 6.31. The van der Waals surface area contributed by atoms with Gasteiger partial charge in [0, 0.05) is 25.3 Å². The van der Waals surface area contributed by atoms with Gasteiger partial charge in [-0.1, -0.05) is 49.9 Å². The van der Waals surface area contributed by atoms with E-state index in [-0.39, 0.29) is 17.1 Å². The Kier molecular flexibility index (Phi) is 7.91. The lowest BCUT2D eigenvalue weighted by Crippen LogP contribution is -2.31. The number of amides is 1. The second-order valence-corrected chi connectivity index (χ2v) is 8.98. The minimum absolute atomic E-state index is 0.0958. The summed E-state index contributed by atoms with van der Waals surface area (Å²) in [5, 5.41) is 0.813. The first-order chi connectivity index (χ1) is 16.5. The van der Waals surface area contributed by atoms with E-state index in [1.54, 1.807) is 30.2 Å². The normalized spacial score (nSPS) is 15.2. The van der Waals surface area contributed by atoms with Gasteiger partial charge in [-0.3, -0.25) is 9.59 Å². The monoisotopic (exact) mass is 483 g/mol. The van der Waals surface area contributed by atoms with Gasteiger partial charge >= 0.3 is 0 Å². The highest BCUT2D eigenvalue weighted by atomic mass is 35.5. The molecule has 4 rings (SSSR count). The minimum Gasteiger partial charge on any atom is -0.494 e. The summed E-state index contributed by atoms with van der Waals surface area (Å²) in [6, 6.07) is 11.9. The molecular weight excluding hydrogens is 454 g/mol. The smallest absolute Gasteiger partial charge is 0.290 e. The summed E-state index contributed by atoms with van der Waals surface area (Å²) in [6.07, 6.45) is 5.21. The summed E-state index contributed by atoms with van der Waals surface area (Å²) >= 11 is 6.14. The Bertz CT molecular complexity index is 1200. The minimum atomic E-state index is -0.544. The van der Waals surface area contributed by atoms with Crippen LogP contribution in [0.1, 0.15) is 66.8 Å². The molecule has 1 amide bonds. The fraction of sp³-hybridized carbons (Fsp3) is 0.407. The number of hydrogen-bond acceptors (Lipinski definition) is 5. The van der Waals surface area contributed by atoms with Gasteiger partial charge in [-0.2, -0.15) is 0 Å². The summed E-state index contributed by atoms with van der Waals surface area (Å²) in [5.41, 5.74) is 1.30. The molecule has 3 aromatic rings. The molecule has 1 unspecified atom stereocenters. The third-order valence-electron chi connectivity index (χ3n) is 6.14. The Hall–Kier alpha value is -2.83. The van der Waals surface area contributed by atoms with Gasteiger partial charge in [0.2, 0.25) is 5.76 Å². The molecule has 0 radical (unpaired) electrons. The molecule has 2 heterocycles. The van der Waals surface area contributed by atoms with Crippen molar-refractivity contribution in [3.8, 4) is 5.75 Å². The fourth-order valence-electron chi connectivity index (χ4n) is 4.41. The Morgan fingerprint density at radius 2 is 1.79 bits per heavy atom. The highest BCUT2D eigenvalue weighted by Gasteiger charge is 2.42. The molecule has 0 fully saturated rings. The molecule has 0 saturated carbocycles. The average molecular weight is 484 g/mol. The number of fused-ring (bicyclic) bond motifs is 2. The molecule has 0 saturated heterocycles. The van der Waals surface area contributed by atoms with Crippen LogP contribution in [0.2, 0.25) is 5.02 Å². The zero-order valence-corrected chi connectivity index (χ0v) is 20.4. The number of ether oxygens (including phenoxy) is 2. The first-order valence-electron chi connectivity index (χ1n) is 11.8. The molecule has 0 N–H and O–H groups in total. The molecule has 0 aliphatic carbocycles. The van der Waals surface area contributed by atoms with E-state index in [0.29, 0.717) is 47.7 Å². The Labute approximate surface area is 204 Å². The number of carbonyl (C=O) groups excluding carboxylic acids is 1. The van der Waals surface area contributed by atoms with Crippen molar-refractivity contribution in [1.29, 1.82) is 0 Å². The highest BCUT2D eigenvalue weighted by Crippen LogP contribution is 2.39. The van der Waals surface area contributed by atoms with Gasteiger partial charge in [-0.25, -0.2) is 0 Å². The molecule has 1 aromatic heterocycles. The molecule has 7 heteroatoms. The summed E-state index contributed by atoms with van der Waals surface area (Å²) < 4.78 is 17.0. The van der Waals surface area contributed by atoms with Gasteiger partial charge in [0.05, 0.1) is 23.6 Å². The summed E-state index contributed by atoms with van der Waals surface area (Å²) in [7, 11) is 1.63. The van der Waals surface area contributed by atoms with Crippen LogP contribution in [0.5, 0.6) is 5.75 Å². The maximum Gasteiger partial charge on any atom is 0.290 e. The van der Waals surface area contributed by atoms with Crippen LogP contribution in [0.4, 0.5) is 0 Å². The summed E-state index contributed by atoms with van der Waals surface area (Å²) in [6.45, 7) is 3.80. The third kappa shape index (κ3) is 4.98. The van der Waals surface area contributed by atoms with Crippen LogP contribution < -0.4 is 10.2 Å². The van der Waals surface area contributed by atoms with E-state index in [2.05, 4.69) is 6.92 Å². The third-order valence-corrected chi connectivity index (χ3v) is 6.37. The topological polar surface area (TPSA) is 69.0 Å². The van der Waals surface area contributed by atoms with E-state index >= 15 is 0 Å². The molecule has 0 bridgehead atoms. The molecule has 180 valence electrons. The van der Waals surface area contributed by atoms with Crippen LogP contribution in [0.15, 0.2) is 51.7 Å². The largest absolute Gasteiger partial charge is 0.494 e.